The van der Waals surface area contributed by atoms with E-state index in [9.17, 15) is 14.7 Å². The largest absolute Gasteiger partial charge is 0.388 e. The SMILES string of the molecule is CC(=O)Nc1ccc(C(=O)N(C)CC2(O)CCOCC2)s1. The number of likely N-dealkylation sites (N-methyl/N-ethyl adjacent to an activating group) is 1. The van der Waals surface area contributed by atoms with Crippen LogP contribution in [0.3, 0.4) is 0 Å². The Labute approximate surface area is 127 Å². The molecule has 0 unspecified atom stereocenters. The van der Waals surface area contributed by atoms with Gasteiger partial charge in [0.1, 0.15) is 0 Å². The first kappa shape index (κ1) is 15.9. The Balaban J connectivity index is 1.98. The third-order valence-corrected chi connectivity index (χ3v) is 4.41. The van der Waals surface area contributed by atoms with Crippen molar-refractivity contribution in [2.75, 3.05) is 32.1 Å². The zero-order chi connectivity index (χ0) is 15.5. The summed E-state index contributed by atoms with van der Waals surface area (Å²) in [6.07, 6.45) is 1.07. The summed E-state index contributed by atoms with van der Waals surface area (Å²) in [5.41, 5.74) is -0.875. The smallest absolute Gasteiger partial charge is 0.263 e. The molecule has 1 saturated heterocycles. The van der Waals surface area contributed by atoms with Crippen molar-refractivity contribution in [3.05, 3.63) is 17.0 Å². The summed E-state index contributed by atoms with van der Waals surface area (Å²) < 4.78 is 5.23. The fraction of sp³-hybridized carbons (Fsp3) is 0.571. The van der Waals surface area contributed by atoms with Gasteiger partial charge in [-0.2, -0.15) is 0 Å². The minimum Gasteiger partial charge on any atom is -0.388 e. The van der Waals surface area contributed by atoms with Crippen molar-refractivity contribution in [2.24, 2.45) is 0 Å². The molecule has 2 rings (SSSR count). The second kappa shape index (κ2) is 6.55. The molecule has 6 nitrogen and oxygen atoms in total. The van der Waals surface area contributed by atoms with Crippen molar-refractivity contribution in [3.8, 4) is 0 Å². The van der Waals surface area contributed by atoms with E-state index in [1.807, 2.05) is 0 Å². The highest BCUT2D eigenvalue weighted by molar-refractivity contribution is 7.18. The molecule has 0 spiro atoms. The van der Waals surface area contributed by atoms with E-state index >= 15 is 0 Å². The van der Waals surface area contributed by atoms with Crippen molar-refractivity contribution in [3.63, 3.8) is 0 Å². The van der Waals surface area contributed by atoms with E-state index in [0.717, 1.165) is 0 Å². The van der Waals surface area contributed by atoms with Gasteiger partial charge in [-0.05, 0) is 12.1 Å². The number of rotatable bonds is 4. The Hall–Kier alpha value is -1.44. The first-order chi connectivity index (χ1) is 9.89. The standard InChI is InChI=1S/C14H20N2O4S/c1-10(17)15-12-4-3-11(21-12)13(18)16(2)9-14(19)5-7-20-8-6-14/h3-4,19H,5-9H2,1-2H3,(H,15,17). The molecule has 21 heavy (non-hydrogen) atoms. The molecule has 0 radical (unpaired) electrons. The third kappa shape index (κ3) is 4.26. The van der Waals surface area contributed by atoms with Gasteiger partial charge in [0.15, 0.2) is 0 Å². The lowest BCUT2D eigenvalue weighted by molar-refractivity contribution is -0.114. The zero-order valence-corrected chi connectivity index (χ0v) is 13.0. The van der Waals surface area contributed by atoms with Crippen molar-refractivity contribution in [1.82, 2.24) is 4.90 Å². The molecule has 116 valence electrons. The molecule has 7 heteroatoms. The van der Waals surface area contributed by atoms with Crippen LogP contribution in [-0.4, -0.2) is 54.2 Å². The summed E-state index contributed by atoms with van der Waals surface area (Å²) in [7, 11) is 1.67. The van der Waals surface area contributed by atoms with Gasteiger partial charge in [-0.3, -0.25) is 9.59 Å². The number of ether oxygens (including phenoxy) is 1. The number of carbonyl (C=O) groups excluding carboxylic acids is 2. The molecule has 1 aromatic heterocycles. The van der Waals surface area contributed by atoms with Gasteiger partial charge in [0.25, 0.3) is 5.91 Å². The van der Waals surface area contributed by atoms with Crippen LogP contribution in [-0.2, 0) is 9.53 Å². The second-order valence-electron chi connectivity index (χ2n) is 5.34. The molecule has 2 amide bonds. The summed E-state index contributed by atoms with van der Waals surface area (Å²) in [6, 6.07) is 3.39. The highest BCUT2D eigenvalue weighted by atomic mass is 32.1. The fourth-order valence-corrected chi connectivity index (χ4v) is 3.25. The number of amides is 2. The lowest BCUT2D eigenvalue weighted by atomic mass is 9.94. The van der Waals surface area contributed by atoms with Gasteiger partial charge in [-0.25, -0.2) is 0 Å². The number of anilines is 1. The molecule has 0 saturated carbocycles. The molecular formula is C14H20N2O4S. The van der Waals surface area contributed by atoms with Crippen LogP contribution in [0.4, 0.5) is 5.00 Å². The number of nitrogens with zero attached hydrogens (tertiary/aromatic N) is 1. The minimum atomic E-state index is -0.875. The molecule has 1 aliphatic rings. The Bertz CT molecular complexity index is 523. The molecule has 0 aromatic carbocycles. The third-order valence-electron chi connectivity index (χ3n) is 3.42. The van der Waals surface area contributed by atoms with Crippen LogP contribution in [0.1, 0.15) is 29.4 Å². The number of hydrogen-bond donors (Lipinski definition) is 2. The number of carbonyl (C=O) groups is 2. The molecule has 1 aliphatic heterocycles. The van der Waals surface area contributed by atoms with Crippen LogP contribution in [0.25, 0.3) is 0 Å². The van der Waals surface area contributed by atoms with E-state index < -0.39 is 5.60 Å². The predicted octanol–water partition coefficient (Wildman–Crippen LogP) is 1.32. The molecule has 2 heterocycles. The van der Waals surface area contributed by atoms with Gasteiger partial charge in [0, 0.05) is 46.6 Å². The zero-order valence-electron chi connectivity index (χ0n) is 12.2. The van der Waals surface area contributed by atoms with Gasteiger partial charge < -0.3 is 20.1 Å². The maximum absolute atomic E-state index is 12.3. The minimum absolute atomic E-state index is 0.156. The summed E-state index contributed by atoms with van der Waals surface area (Å²) in [6.45, 7) is 2.74. The quantitative estimate of drug-likeness (QED) is 0.879. The van der Waals surface area contributed by atoms with Crippen LogP contribution in [0, 0.1) is 0 Å². The highest BCUT2D eigenvalue weighted by Crippen LogP contribution is 2.25. The Morgan fingerprint density at radius 3 is 2.71 bits per heavy atom. The summed E-state index contributed by atoms with van der Waals surface area (Å²) >= 11 is 1.23. The molecular weight excluding hydrogens is 292 g/mol. The van der Waals surface area contributed by atoms with Gasteiger partial charge in [-0.15, -0.1) is 11.3 Å². The highest BCUT2D eigenvalue weighted by Gasteiger charge is 2.32. The van der Waals surface area contributed by atoms with Gasteiger partial charge in [-0.1, -0.05) is 0 Å². The maximum atomic E-state index is 12.3. The lowest BCUT2D eigenvalue weighted by Gasteiger charge is -2.35. The molecule has 2 N–H and O–H groups in total. The summed E-state index contributed by atoms with van der Waals surface area (Å²) in [4.78, 5) is 25.4. The Morgan fingerprint density at radius 2 is 2.10 bits per heavy atom. The van der Waals surface area contributed by atoms with Crippen LogP contribution < -0.4 is 5.32 Å². The van der Waals surface area contributed by atoms with E-state index in [4.69, 9.17) is 4.74 Å². The van der Waals surface area contributed by atoms with Crippen molar-refractivity contribution in [2.45, 2.75) is 25.4 Å². The van der Waals surface area contributed by atoms with E-state index in [2.05, 4.69) is 5.32 Å². The number of thiophene rings is 1. The van der Waals surface area contributed by atoms with Gasteiger partial charge >= 0.3 is 0 Å². The fourth-order valence-electron chi connectivity index (χ4n) is 2.30. The molecule has 0 aliphatic carbocycles. The van der Waals surface area contributed by atoms with E-state index in [1.165, 1.54) is 23.2 Å². The van der Waals surface area contributed by atoms with Gasteiger partial charge in [0.05, 0.1) is 15.5 Å². The molecule has 0 atom stereocenters. The monoisotopic (exact) mass is 312 g/mol. The summed E-state index contributed by atoms with van der Waals surface area (Å²) in [5, 5.41) is 13.7. The predicted molar refractivity (Wildman–Crippen MR) is 80.6 cm³/mol. The van der Waals surface area contributed by atoms with Crippen molar-refractivity contribution in [1.29, 1.82) is 0 Å². The average Bonchev–Trinajstić information content (AvgIpc) is 2.85. The number of nitrogens with one attached hydrogen (secondary N) is 1. The van der Waals surface area contributed by atoms with Crippen LogP contribution >= 0.6 is 11.3 Å². The molecule has 0 bridgehead atoms. The van der Waals surface area contributed by atoms with Crippen LogP contribution in [0.5, 0.6) is 0 Å². The topological polar surface area (TPSA) is 78.9 Å². The van der Waals surface area contributed by atoms with E-state index in [0.29, 0.717) is 35.9 Å². The number of hydrogen-bond acceptors (Lipinski definition) is 5. The number of aliphatic hydroxyl groups is 1. The second-order valence-corrected chi connectivity index (χ2v) is 6.43. The first-order valence-electron chi connectivity index (χ1n) is 6.83. The molecule has 1 fully saturated rings. The van der Waals surface area contributed by atoms with Crippen molar-refractivity contribution < 1.29 is 19.4 Å². The lowest BCUT2D eigenvalue weighted by Crippen LogP contribution is -2.47. The van der Waals surface area contributed by atoms with Crippen LogP contribution in [0.15, 0.2) is 12.1 Å². The summed E-state index contributed by atoms with van der Waals surface area (Å²) in [5.74, 6) is -0.322. The normalized spacial score (nSPS) is 17.3. The Morgan fingerprint density at radius 1 is 1.43 bits per heavy atom. The van der Waals surface area contributed by atoms with Crippen LogP contribution in [0.2, 0.25) is 0 Å². The first-order valence-corrected chi connectivity index (χ1v) is 7.64. The average molecular weight is 312 g/mol. The van der Waals surface area contributed by atoms with E-state index in [1.54, 1.807) is 19.2 Å². The van der Waals surface area contributed by atoms with Crippen molar-refractivity contribution >= 4 is 28.2 Å². The molecule has 1 aromatic rings. The van der Waals surface area contributed by atoms with E-state index in [-0.39, 0.29) is 18.4 Å². The Kier molecular flexibility index (Phi) is 4.97. The van der Waals surface area contributed by atoms with Gasteiger partial charge in [0.2, 0.25) is 5.91 Å². The maximum Gasteiger partial charge on any atom is 0.263 e.